The molecule has 2 rings (SSSR count). The van der Waals surface area contributed by atoms with Crippen LogP contribution < -0.4 is 5.32 Å². The van der Waals surface area contributed by atoms with Crippen LogP contribution in [0.15, 0.2) is 0 Å². The van der Waals surface area contributed by atoms with Gasteiger partial charge in [-0.25, -0.2) is 0 Å². The highest BCUT2D eigenvalue weighted by molar-refractivity contribution is 8.00. The van der Waals surface area contributed by atoms with Gasteiger partial charge in [-0.15, -0.1) is 0 Å². The molecular weight excluding hydrogens is 158 g/mol. The van der Waals surface area contributed by atoms with Crippen LogP contribution in [0.1, 0.15) is 12.8 Å². The lowest BCUT2D eigenvalue weighted by Crippen LogP contribution is -2.48. The largest absolute Gasteiger partial charge is 0.381 e. The molecule has 0 aromatic heterocycles. The van der Waals surface area contributed by atoms with E-state index in [0.717, 1.165) is 25.3 Å². The maximum absolute atomic E-state index is 5.29. The molecule has 0 saturated carbocycles. The Kier molecular flexibility index (Phi) is 2.72. The van der Waals surface area contributed by atoms with E-state index in [4.69, 9.17) is 4.74 Å². The van der Waals surface area contributed by atoms with Gasteiger partial charge in [0.05, 0.1) is 0 Å². The number of ether oxygens (including phenoxy) is 1. The summed E-state index contributed by atoms with van der Waals surface area (Å²) in [5.74, 6) is 2.63. The molecule has 2 nitrogen and oxygen atoms in total. The number of hydrogen-bond acceptors (Lipinski definition) is 3. The highest BCUT2D eigenvalue weighted by atomic mass is 32.2. The molecule has 2 aliphatic heterocycles. The molecule has 2 aliphatic rings. The van der Waals surface area contributed by atoms with Crippen LogP contribution in [0.3, 0.4) is 0 Å². The third-order valence-corrected chi connectivity index (χ3v) is 3.61. The normalized spacial score (nSPS) is 28.4. The van der Waals surface area contributed by atoms with Crippen molar-refractivity contribution in [1.29, 1.82) is 0 Å². The molecule has 0 aromatic rings. The summed E-state index contributed by atoms with van der Waals surface area (Å²) in [6, 6.07) is 1.55. The minimum absolute atomic E-state index is 0.745. The van der Waals surface area contributed by atoms with Crippen molar-refractivity contribution in [3.8, 4) is 0 Å². The molecule has 0 bridgehead atoms. The smallest absolute Gasteiger partial charge is 0.0480 e. The summed E-state index contributed by atoms with van der Waals surface area (Å²) in [5, 5.41) is 3.65. The number of hydrogen-bond donors (Lipinski definition) is 1. The summed E-state index contributed by atoms with van der Waals surface area (Å²) in [7, 11) is 0. The minimum Gasteiger partial charge on any atom is -0.381 e. The molecule has 11 heavy (non-hydrogen) atoms. The number of rotatable bonds is 2. The summed E-state index contributed by atoms with van der Waals surface area (Å²) in [4.78, 5) is 0. The first kappa shape index (κ1) is 7.90. The fourth-order valence-corrected chi connectivity index (χ4v) is 2.19. The van der Waals surface area contributed by atoms with Gasteiger partial charge in [-0.2, -0.15) is 11.8 Å². The van der Waals surface area contributed by atoms with Gasteiger partial charge in [-0.3, -0.25) is 0 Å². The Balaban J connectivity index is 1.67. The second-order valence-electron chi connectivity index (χ2n) is 3.29. The topological polar surface area (TPSA) is 21.3 Å². The van der Waals surface area contributed by atoms with Gasteiger partial charge in [0.15, 0.2) is 0 Å². The van der Waals surface area contributed by atoms with E-state index in [1.54, 1.807) is 0 Å². The minimum atomic E-state index is 0.745. The Morgan fingerprint density at radius 2 is 1.82 bits per heavy atom. The molecule has 0 atom stereocenters. The van der Waals surface area contributed by atoms with E-state index >= 15 is 0 Å². The van der Waals surface area contributed by atoms with Gasteiger partial charge in [0.1, 0.15) is 0 Å². The Morgan fingerprint density at radius 3 is 2.36 bits per heavy atom. The molecule has 1 N–H and O–H groups in total. The average molecular weight is 173 g/mol. The van der Waals surface area contributed by atoms with Gasteiger partial charge < -0.3 is 10.1 Å². The second-order valence-corrected chi connectivity index (χ2v) is 4.36. The van der Waals surface area contributed by atoms with Crippen molar-refractivity contribution in [2.75, 3.05) is 24.7 Å². The zero-order valence-electron chi connectivity index (χ0n) is 6.71. The Bertz CT molecular complexity index is 121. The fourth-order valence-electron chi connectivity index (χ4n) is 1.53. The number of nitrogens with one attached hydrogen (secondary N) is 1. The van der Waals surface area contributed by atoms with E-state index in [1.165, 1.54) is 24.3 Å². The molecule has 0 amide bonds. The van der Waals surface area contributed by atoms with Crippen molar-refractivity contribution >= 4 is 11.8 Å². The molecule has 2 fully saturated rings. The van der Waals surface area contributed by atoms with Crippen LogP contribution in [0.4, 0.5) is 0 Å². The molecule has 0 aromatic carbocycles. The molecule has 2 heterocycles. The van der Waals surface area contributed by atoms with Gasteiger partial charge in [0, 0.05) is 36.8 Å². The highest BCUT2D eigenvalue weighted by Crippen LogP contribution is 2.19. The van der Waals surface area contributed by atoms with Crippen molar-refractivity contribution in [2.24, 2.45) is 0 Å². The molecule has 0 spiro atoms. The molecular formula is C8H15NOS. The van der Waals surface area contributed by atoms with Crippen LogP contribution >= 0.6 is 11.8 Å². The monoisotopic (exact) mass is 173 g/mol. The van der Waals surface area contributed by atoms with E-state index in [-0.39, 0.29) is 0 Å². The Hall–Kier alpha value is 0.270. The SMILES string of the molecule is C1CC(NC2CSC2)CCO1. The lowest BCUT2D eigenvalue weighted by molar-refractivity contribution is 0.0760. The van der Waals surface area contributed by atoms with Crippen LogP contribution in [0, 0.1) is 0 Å². The van der Waals surface area contributed by atoms with E-state index in [0.29, 0.717) is 0 Å². The van der Waals surface area contributed by atoms with E-state index in [1.807, 2.05) is 11.8 Å². The van der Waals surface area contributed by atoms with Crippen molar-refractivity contribution in [2.45, 2.75) is 24.9 Å². The van der Waals surface area contributed by atoms with E-state index in [2.05, 4.69) is 5.32 Å². The molecule has 0 radical (unpaired) electrons. The molecule has 0 aliphatic carbocycles. The zero-order valence-corrected chi connectivity index (χ0v) is 7.53. The Morgan fingerprint density at radius 1 is 1.09 bits per heavy atom. The summed E-state index contributed by atoms with van der Waals surface area (Å²) in [5.41, 5.74) is 0. The van der Waals surface area contributed by atoms with Crippen molar-refractivity contribution in [3.05, 3.63) is 0 Å². The third kappa shape index (κ3) is 2.10. The first-order chi connectivity index (χ1) is 5.45. The predicted octanol–water partition coefficient (Wildman–Crippen LogP) is 0.870. The average Bonchev–Trinajstić information content (AvgIpc) is 1.99. The summed E-state index contributed by atoms with van der Waals surface area (Å²) >= 11 is 2.04. The summed E-state index contributed by atoms with van der Waals surface area (Å²) in [6.07, 6.45) is 2.42. The van der Waals surface area contributed by atoms with E-state index in [9.17, 15) is 0 Å². The fraction of sp³-hybridized carbons (Fsp3) is 1.00. The van der Waals surface area contributed by atoms with Crippen molar-refractivity contribution < 1.29 is 4.74 Å². The zero-order chi connectivity index (χ0) is 7.52. The quantitative estimate of drug-likeness (QED) is 0.669. The van der Waals surface area contributed by atoms with Gasteiger partial charge >= 0.3 is 0 Å². The predicted molar refractivity (Wildman–Crippen MR) is 48.1 cm³/mol. The summed E-state index contributed by atoms with van der Waals surface area (Å²) < 4.78 is 5.29. The van der Waals surface area contributed by atoms with Gasteiger partial charge in [0.2, 0.25) is 0 Å². The van der Waals surface area contributed by atoms with Crippen LogP contribution in [-0.4, -0.2) is 36.8 Å². The van der Waals surface area contributed by atoms with Gasteiger partial charge in [-0.1, -0.05) is 0 Å². The first-order valence-electron chi connectivity index (χ1n) is 4.37. The molecule has 3 heteroatoms. The lowest BCUT2D eigenvalue weighted by Gasteiger charge is -2.32. The van der Waals surface area contributed by atoms with Crippen LogP contribution in [0.2, 0.25) is 0 Å². The van der Waals surface area contributed by atoms with Gasteiger partial charge in [0.25, 0.3) is 0 Å². The highest BCUT2D eigenvalue weighted by Gasteiger charge is 2.22. The van der Waals surface area contributed by atoms with E-state index < -0.39 is 0 Å². The second kappa shape index (κ2) is 3.78. The maximum Gasteiger partial charge on any atom is 0.0480 e. The summed E-state index contributed by atoms with van der Waals surface area (Å²) in [6.45, 7) is 1.91. The number of thioether (sulfide) groups is 1. The molecule has 2 saturated heterocycles. The van der Waals surface area contributed by atoms with Crippen LogP contribution in [-0.2, 0) is 4.74 Å². The van der Waals surface area contributed by atoms with Gasteiger partial charge in [-0.05, 0) is 12.8 Å². The van der Waals surface area contributed by atoms with Crippen LogP contribution in [0.25, 0.3) is 0 Å². The molecule has 64 valence electrons. The van der Waals surface area contributed by atoms with Crippen molar-refractivity contribution in [1.82, 2.24) is 5.32 Å². The molecule has 0 unspecified atom stereocenters. The standard InChI is InChI=1S/C8H15NOS/c1-3-10-4-2-7(1)9-8-5-11-6-8/h7-9H,1-6H2. The van der Waals surface area contributed by atoms with Crippen LogP contribution in [0.5, 0.6) is 0 Å². The first-order valence-corrected chi connectivity index (χ1v) is 5.52. The maximum atomic E-state index is 5.29. The van der Waals surface area contributed by atoms with Crippen molar-refractivity contribution in [3.63, 3.8) is 0 Å². The third-order valence-electron chi connectivity index (χ3n) is 2.33. The lowest BCUT2D eigenvalue weighted by atomic mass is 10.1. The Labute approximate surface area is 72.1 Å².